The Labute approximate surface area is 234 Å². The molecule has 5 rings (SSSR count). The first kappa shape index (κ1) is 30.3. The van der Waals surface area contributed by atoms with Gasteiger partial charge in [-0.05, 0) is 12.5 Å². The summed E-state index contributed by atoms with van der Waals surface area (Å²) in [6, 6.07) is 4.29. The van der Waals surface area contributed by atoms with Crippen molar-refractivity contribution in [2.45, 2.75) is 30.1 Å². The molecule has 0 amide bonds. The van der Waals surface area contributed by atoms with E-state index >= 15 is 0 Å². The van der Waals surface area contributed by atoms with Gasteiger partial charge in [-0.2, -0.15) is 23.5 Å². The predicted octanol–water partition coefficient (Wildman–Crippen LogP) is 3.51. The molecule has 0 radical (unpaired) electrons. The molecule has 0 saturated carbocycles. The Morgan fingerprint density at radius 2 is 2.00 bits per heavy atom. The van der Waals surface area contributed by atoms with E-state index in [1.54, 1.807) is 22.0 Å². The van der Waals surface area contributed by atoms with Gasteiger partial charge in [0, 0.05) is 54.7 Å². The number of rotatable bonds is 6. The van der Waals surface area contributed by atoms with Gasteiger partial charge in [0.15, 0.2) is 32.3 Å². The summed E-state index contributed by atoms with van der Waals surface area (Å²) >= 11 is 0. The lowest BCUT2D eigenvalue weighted by Crippen LogP contribution is -2.27. The summed E-state index contributed by atoms with van der Waals surface area (Å²) in [6.45, 7) is 0.672. The second-order valence-corrected chi connectivity index (χ2v) is 11.2. The average molecular weight is 613 g/mol. The Bertz CT molecular complexity index is 1770. The normalized spacial score (nSPS) is 16.1. The van der Waals surface area contributed by atoms with E-state index < -0.39 is 38.6 Å². The highest BCUT2D eigenvalue weighted by Gasteiger charge is 2.38. The molecule has 1 fully saturated rings. The van der Waals surface area contributed by atoms with Gasteiger partial charge in [0.05, 0.1) is 30.4 Å². The molecule has 1 aliphatic rings. The number of aromatic amines is 1. The smallest absolute Gasteiger partial charge is 0.475 e. The molecule has 2 N–H and O–H groups in total. The number of anilines is 1. The van der Waals surface area contributed by atoms with Gasteiger partial charge in [-0.25, -0.2) is 36.9 Å². The van der Waals surface area contributed by atoms with Gasteiger partial charge in [0.25, 0.3) is 0 Å². The van der Waals surface area contributed by atoms with E-state index in [-0.39, 0.29) is 24.2 Å². The van der Waals surface area contributed by atoms with Crippen molar-refractivity contribution in [3.8, 4) is 17.3 Å². The van der Waals surface area contributed by atoms with E-state index in [4.69, 9.17) is 9.90 Å². The number of aliphatic carboxylic acids is 1. The van der Waals surface area contributed by atoms with E-state index in [1.165, 1.54) is 6.33 Å². The van der Waals surface area contributed by atoms with Crippen LogP contribution in [0.2, 0.25) is 0 Å². The summed E-state index contributed by atoms with van der Waals surface area (Å²) in [5.41, 5.74) is 2.17. The number of nitrogens with zero attached hydrogens (tertiary/aromatic N) is 7. The van der Waals surface area contributed by atoms with Crippen molar-refractivity contribution >= 4 is 32.7 Å². The van der Waals surface area contributed by atoms with Crippen LogP contribution in [0.4, 0.5) is 27.8 Å². The maximum Gasteiger partial charge on any atom is 0.490 e. The van der Waals surface area contributed by atoms with Crippen LogP contribution in [0.25, 0.3) is 22.3 Å². The fourth-order valence-corrected chi connectivity index (χ4v) is 5.20. The average Bonchev–Trinajstić information content (AvgIpc) is 3.67. The summed E-state index contributed by atoms with van der Waals surface area (Å²) in [4.78, 5) is 25.9. The molecule has 18 heteroatoms. The molecule has 12 nitrogen and oxygen atoms in total. The fourth-order valence-electron chi connectivity index (χ4n) is 4.53. The third-order valence-electron chi connectivity index (χ3n) is 6.41. The van der Waals surface area contributed by atoms with E-state index in [2.05, 4.69) is 31.1 Å². The zero-order valence-electron chi connectivity index (χ0n) is 21.5. The molecule has 2 atom stereocenters. The number of sulfone groups is 1. The summed E-state index contributed by atoms with van der Waals surface area (Å²) in [5, 5.41) is 21.1. The van der Waals surface area contributed by atoms with Crippen molar-refractivity contribution < 1.29 is 40.3 Å². The number of alkyl halides is 3. The van der Waals surface area contributed by atoms with E-state index in [0.29, 0.717) is 36.9 Å². The maximum absolute atomic E-state index is 14.5. The Morgan fingerprint density at radius 1 is 1.29 bits per heavy atom. The second kappa shape index (κ2) is 11.7. The molecule has 222 valence electrons. The van der Waals surface area contributed by atoms with Crippen molar-refractivity contribution in [3.63, 3.8) is 0 Å². The van der Waals surface area contributed by atoms with Gasteiger partial charge < -0.3 is 15.0 Å². The fraction of sp³-hybridized carbons (Fsp3) is 0.333. The van der Waals surface area contributed by atoms with Gasteiger partial charge >= 0.3 is 12.1 Å². The van der Waals surface area contributed by atoms with Gasteiger partial charge in [0.1, 0.15) is 12.0 Å². The maximum atomic E-state index is 14.5. The molecule has 0 unspecified atom stereocenters. The van der Waals surface area contributed by atoms with Crippen LogP contribution in [0.3, 0.4) is 0 Å². The van der Waals surface area contributed by atoms with Crippen molar-refractivity contribution in [1.29, 1.82) is 5.26 Å². The highest BCUT2D eigenvalue weighted by molar-refractivity contribution is 7.90. The first-order valence-corrected chi connectivity index (χ1v) is 13.9. The molecule has 0 aromatic carbocycles. The van der Waals surface area contributed by atoms with E-state index in [0.717, 1.165) is 17.2 Å². The van der Waals surface area contributed by atoms with Crippen molar-refractivity contribution in [1.82, 2.24) is 29.7 Å². The first-order chi connectivity index (χ1) is 19.7. The van der Waals surface area contributed by atoms with Crippen LogP contribution in [0.15, 0.2) is 42.1 Å². The number of nitriles is 1. The van der Waals surface area contributed by atoms with Crippen molar-refractivity contribution in [3.05, 3.63) is 48.7 Å². The molecule has 0 bridgehead atoms. The van der Waals surface area contributed by atoms with Crippen LogP contribution >= 0.6 is 0 Å². The van der Waals surface area contributed by atoms with Crippen molar-refractivity contribution in [2.75, 3.05) is 24.2 Å². The first-order valence-electron chi connectivity index (χ1n) is 12.0. The van der Waals surface area contributed by atoms with Crippen LogP contribution in [0.5, 0.6) is 0 Å². The number of nitrogens with one attached hydrogen (secondary N) is 1. The number of hydrogen-bond donors (Lipinski definition) is 2. The third-order valence-corrected chi connectivity index (χ3v) is 7.40. The van der Waals surface area contributed by atoms with Gasteiger partial charge in [-0.3, -0.25) is 4.68 Å². The molecule has 0 spiro atoms. The molecule has 4 aromatic heterocycles. The molecule has 1 saturated heterocycles. The monoisotopic (exact) mass is 612 g/mol. The molecule has 1 aliphatic heterocycles. The number of fused-ring (bicyclic) bond motifs is 1. The largest absolute Gasteiger partial charge is 0.490 e. The predicted molar refractivity (Wildman–Crippen MR) is 136 cm³/mol. The van der Waals surface area contributed by atoms with Gasteiger partial charge in [-0.1, -0.05) is 0 Å². The molecular formula is C24H21F5N8O4S. The zero-order valence-corrected chi connectivity index (χ0v) is 22.4. The lowest BCUT2D eigenvalue weighted by molar-refractivity contribution is -0.192. The molecule has 4 aromatic rings. The summed E-state index contributed by atoms with van der Waals surface area (Å²) < 4.78 is 85.7. The second-order valence-electron chi connectivity index (χ2n) is 9.25. The summed E-state index contributed by atoms with van der Waals surface area (Å²) in [5.74, 6) is -5.24. The lowest BCUT2D eigenvalue weighted by Gasteiger charge is -2.23. The van der Waals surface area contributed by atoms with E-state index in [1.807, 2.05) is 12.3 Å². The number of carboxylic acid groups (broad SMARTS) is 1. The Hall–Kier alpha value is -4.66. The number of aromatic nitrogens is 6. The quantitative estimate of drug-likeness (QED) is 0.307. The number of halogens is 5. The minimum atomic E-state index is -5.08. The number of carboxylic acids is 1. The molecule has 5 heterocycles. The molecular weight excluding hydrogens is 591 g/mol. The van der Waals surface area contributed by atoms with Crippen LogP contribution in [0.1, 0.15) is 18.9 Å². The number of H-pyrrole nitrogens is 1. The summed E-state index contributed by atoms with van der Waals surface area (Å²) in [6.07, 6.45) is 3.22. The minimum Gasteiger partial charge on any atom is -0.475 e. The highest BCUT2D eigenvalue weighted by Crippen LogP contribution is 2.35. The molecule has 0 aliphatic carbocycles. The number of carbonyl (C=O) groups is 1. The molecule has 42 heavy (non-hydrogen) atoms. The third kappa shape index (κ3) is 6.46. The number of hydrogen-bond acceptors (Lipinski definition) is 9. The SMILES string of the molecule is CS(=O)(=O)c1nc(N2CC[C@H]([C@H](CC#N)n3cc(-c4ncnc5[nH]ccc45)cn3)C2)c(F)cc1F.O=C(O)C(F)(F)F. The van der Waals surface area contributed by atoms with Crippen molar-refractivity contribution in [2.24, 2.45) is 5.92 Å². The zero-order chi connectivity index (χ0) is 30.8. The lowest BCUT2D eigenvalue weighted by atomic mass is 9.96. The minimum absolute atomic E-state index is 0.104. The standard InChI is InChI=1S/C22H20F2N8O2S.C2HF3O2/c1-35(33,34)22-17(24)8-16(23)21(30-22)31-7-4-13(10-31)18(2-5-25)32-11-14(9-29-32)19-15-3-6-26-20(15)28-12-27-19;3-2(4,5)1(6)7/h3,6,8-9,11-13,18H,2,4,7,10H2,1H3,(H,26,27,28);(H,6,7)/t13-,18-;/m0./s1. The van der Waals surface area contributed by atoms with Crippen LogP contribution in [0, 0.1) is 28.9 Å². The number of pyridine rings is 1. The van der Waals surface area contributed by atoms with Gasteiger partial charge in [0.2, 0.25) is 0 Å². The highest BCUT2D eigenvalue weighted by atomic mass is 32.2. The van der Waals surface area contributed by atoms with E-state index in [9.17, 15) is 35.6 Å². The Kier molecular flexibility index (Phi) is 8.43. The summed E-state index contributed by atoms with van der Waals surface area (Å²) in [7, 11) is -3.97. The van der Waals surface area contributed by atoms with Crippen LogP contribution < -0.4 is 4.90 Å². The topological polar surface area (TPSA) is 171 Å². The van der Waals surface area contributed by atoms with Crippen LogP contribution in [-0.4, -0.2) is 74.7 Å². The Balaban J connectivity index is 0.000000517. The van der Waals surface area contributed by atoms with Gasteiger partial charge in [-0.15, -0.1) is 0 Å². The van der Waals surface area contributed by atoms with Crippen LogP contribution in [-0.2, 0) is 14.6 Å². The Morgan fingerprint density at radius 3 is 2.64 bits per heavy atom.